The number of amides is 1. The van der Waals surface area contributed by atoms with E-state index in [0.717, 1.165) is 31.2 Å². The zero-order chi connectivity index (χ0) is 33.2. The molecule has 5 rings (SSSR count). The predicted octanol–water partition coefficient (Wildman–Crippen LogP) is 4.78. The second kappa shape index (κ2) is 10.7. The molecule has 0 spiro atoms. The summed E-state index contributed by atoms with van der Waals surface area (Å²) in [7, 11) is 0. The molecule has 1 aromatic heterocycles. The SMILES string of the molecule is [2H]C([2H])(O)C1(C([2H])([2H])O[C@@]2(C(=O)C(C)O)c3c(Cc4ccc(Cl)cn4)cccc3C(=O)N2c2ccc(OC(F)(F)F)cc2)CC1. The summed E-state index contributed by atoms with van der Waals surface area (Å²) in [6.45, 7) is -5.22. The van der Waals surface area contributed by atoms with E-state index in [0.29, 0.717) is 15.6 Å². The van der Waals surface area contributed by atoms with Gasteiger partial charge in [0.15, 0.2) is 0 Å². The van der Waals surface area contributed by atoms with Gasteiger partial charge in [-0.05, 0) is 67.8 Å². The highest BCUT2D eigenvalue weighted by Gasteiger charge is 2.60. The lowest BCUT2D eigenvalue weighted by molar-refractivity contribution is -0.274. The summed E-state index contributed by atoms with van der Waals surface area (Å²) < 4.78 is 82.2. The number of fused-ring (bicyclic) bond motifs is 1. The molecule has 0 radical (unpaired) electrons. The molecule has 1 saturated carbocycles. The fourth-order valence-electron chi connectivity index (χ4n) is 4.70. The van der Waals surface area contributed by atoms with Gasteiger partial charge in [0.2, 0.25) is 11.5 Å². The molecule has 1 fully saturated rings. The second-order valence-electron chi connectivity index (χ2n) is 9.75. The molecule has 2 N–H and O–H groups in total. The lowest BCUT2D eigenvalue weighted by atomic mass is 9.88. The van der Waals surface area contributed by atoms with E-state index in [1.54, 1.807) is 12.1 Å². The van der Waals surface area contributed by atoms with Crippen LogP contribution in [-0.4, -0.2) is 52.5 Å². The molecule has 12 heteroatoms. The number of carbonyl (C=O) groups excluding carboxylic acids is 2. The summed E-state index contributed by atoms with van der Waals surface area (Å²) >= 11 is 5.97. The number of benzene rings is 2. The van der Waals surface area contributed by atoms with E-state index in [9.17, 15) is 33.0 Å². The zero-order valence-electron chi connectivity index (χ0n) is 25.4. The number of anilines is 1. The van der Waals surface area contributed by atoms with Crippen molar-refractivity contribution >= 4 is 29.0 Å². The van der Waals surface area contributed by atoms with Crippen LogP contribution in [0.5, 0.6) is 5.75 Å². The minimum Gasteiger partial charge on any atom is -0.406 e. The molecule has 0 bridgehead atoms. The molecule has 1 unspecified atom stereocenters. The van der Waals surface area contributed by atoms with Crippen molar-refractivity contribution in [1.82, 2.24) is 4.98 Å². The Hall–Kier alpha value is -3.51. The van der Waals surface area contributed by atoms with Gasteiger partial charge in [-0.2, -0.15) is 0 Å². The van der Waals surface area contributed by atoms with Crippen LogP contribution >= 0.6 is 11.6 Å². The van der Waals surface area contributed by atoms with Gasteiger partial charge in [0.25, 0.3) is 5.91 Å². The highest BCUT2D eigenvalue weighted by molar-refractivity contribution is 6.30. The van der Waals surface area contributed by atoms with E-state index in [-0.39, 0.29) is 41.6 Å². The van der Waals surface area contributed by atoms with Crippen molar-refractivity contribution in [2.45, 2.75) is 44.4 Å². The molecule has 2 aliphatic rings. The summed E-state index contributed by atoms with van der Waals surface area (Å²) in [5.74, 6) is -2.82. The van der Waals surface area contributed by atoms with Crippen molar-refractivity contribution in [3.63, 3.8) is 0 Å². The van der Waals surface area contributed by atoms with Crippen LogP contribution in [0.3, 0.4) is 0 Å². The number of Topliss-reactive ketones (excluding diaryl/α,β-unsaturated/α-hetero) is 1. The maximum Gasteiger partial charge on any atom is 0.573 e. The van der Waals surface area contributed by atoms with Crippen LogP contribution in [0, 0.1) is 5.41 Å². The Balaban J connectivity index is 1.76. The first-order valence-corrected chi connectivity index (χ1v) is 12.8. The van der Waals surface area contributed by atoms with Crippen molar-refractivity contribution in [2.24, 2.45) is 5.41 Å². The molecule has 3 aromatic rings. The van der Waals surface area contributed by atoms with Crippen molar-refractivity contribution in [1.29, 1.82) is 0 Å². The number of aliphatic hydroxyl groups excluding tert-OH is 1. The van der Waals surface area contributed by atoms with Gasteiger partial charge in [-0.1, -0.05) is 23.7 Å². The third kappa shape index (κ3) is 5.54. The number of aliphatic hydroxyl groups is 2. The van der Waals surface area contributed by atoms with Crippen LogP contribution in [-0.2, 0) is 21.7 Å². The number of hydrogen-bond donors (Lipinski definition) is 2. The van der Waals surface area contributed by atoms with Gasteiger partial charge in [0, 0.05) is 40.5 Å². The summed E-state index contributed by atoms with van der Waals surface area (Å²) in [5, 5.41) is 21.4. The zero-order valence-corrected chi connectivity index (χ0v) is 22.2. The average molecular weight is 595 g/mol. The predicted molar refractivity (Wildman–Crippen MR) is 142 cm³/mol. The van der Waals surface area contributed by atoms with E-state index < -0.39 is 54.2 Å². The average Bonchev–Trinajstić information content (AvgIpc) is 3.73. The Bertz CT molecular complexity index is 1630. The van der Waals surface area contributed by atoms with E-state index in [2.05, 4.69) is 9.72 Å². The number of nitrogens with zero attached hydrogens (tertiary/aromatic N) is 2. The van der Waals surface area contributed by atoms with E-state index in [1.165, 1.54) is 24.4 Å². The molecule has 0 saturated heterocycles. The number of ether oxygens (including phenoxy) is 2. The van der Waals surface area contributed by atoms with Crippen LogP contribution in [0.1, 0.15) is 52.4 Å². The standard InChI is InChI=1S/C29H26ClF3N2O6/c1-17(37)25(38)28(40-16-27(15-36)11-12-27)24-18(13-20-6-5-19(30)14-34-20)3-2-4-23(24)26(39)35(28)21-7-9-22(10-8-21)41-29(31,32)33/h2-10,14,17,36-37H,11-13,15-16H2,1H3/t17?,28-/m1/s1/i15D2,16D2. The third-order valence-corrected chi connectivity index (χ3v) is 7.02. The van der Waals surface area contributed by atoms with Crippen LogP contribution in [0.4, 0.5) is 18.9 Å². The molecule has 41 heavy (non-hydrogen) atoms. The lowest BCUT2D eigenvalue weighted by Crippen LogP contribution is -2.56. The molecule has 8 nitrogen and oxygen atoms in total. The topological polar surface area (TPSA) is 109 Å². The summed E-state index contributed by atoms with van der Waals surface area (Å²) in [5.41, 5.74) is -4.93. The fourth-order valence-corrected chi connectivity index (χ4v) is 4.81. The molecule has 1 amide bonds. The van der Waals surface area contributed by atoms with Crippen LogP contribution in [0.25, 0.3) is 0 Å². The summed E-state index contributed by atoms with van der Waals surface area (Å²) in [4.78, 5) is 33.4. The summed E-state index contributed by atoms with van der Waals surface area (Å²) in [6.07, 6.45) is -6.00. The molecule has 2 aromatic carbocycles. The maximum absolute atomic E-state index is 14.2. The van der Waals surface area contributed by atoms with Gasteiger partial charge < -0.3 is 19.7 Å². The van der Waals surface area contributed by atoms with Crippen molar-refractivity contribution in [2.75, 3.05) is 18.0 Å². The quantitative estimate of drug-likeness (QED) is 0.348. The first-order valence-electron chi connectivity index (χ1n) is 14.4. The molecule has 1 aliphatic heterocycles. The minimum atomic E-state index is -5.03. The van der Waals surface area contributed by atoms with Crippen molar-refractivity contribution < 1.29 is 47.9 Å². The molecule has 2 heterocycles. The highest BCUT2D eigenvalue weighted by atomic mass is 35.5. The normalized spacial score (nSPS) is 22.2. The smallest absolute Gasteiger partial charge is 0.406 e. The largest absolute Gasteiger partial charge is 0.573 e. The van der Waals surface area contributed by atoms with Gasteiger partial charge in [-0.15, -0.1) is 13.2 Å². The van der Waals surface area contributed by atoms with Crippen molar-refractivity contribution in [3.05, 3.63) is 88.2 Å². The summed E-state index contributed by atoms with van der Waals surface area (Å²) in [6, 6.07) is 11.3. The number of halogens is 4. The number of pyridine rings is 1. The third-order valence-electron chi connectivity index (χ3n) is 6.80. The van der Waals surface area contributed by atoms with E-state index in [1.807, 2.05) is 0 Å². The Morgan fingerprint density at radius 3 is 2.46 bits per heavy atom. The minimum absolute atomic E-state index is 0.0486. The molecular weight excluding hydrogens is 565 g/mol. The number of aromatic nitrogens is 1. The van der Waals surface area contributed by atoms with Gasteiger partial charge in [0.05, 0.1) is 23.6 Å². The number of hydrogen-bond acceptors (Lipinski definition) is 7. The molecular formula is C29H26ClF3N2O6. The van der Waals surface area contributed by atoms with Crippen LogP contribution < -0.4 is 9.64 Å². The Labute approximate surface area is 243 Å². The highest BCUT2D eigenvalue weighted by Crippen LogP contribution is 2.51. The molecule has 1 aliphatic carbocycles. The second-order valence-corrected chi connectivity index (χ2v) is 10.2. The van der Waals surface area contributed by atoms with Gasteiger partial charge in [-0.25, -0.2) is 0 Å². The number of alkyl halides is 3. The van der Waals surface area contributed by atoms with E-state index in [4.69, 9.17) is 21.8 Å². The van der Waals surface area contributed by atoms with Crippen LogP contribution in [0.15, 0.2) is 60.8 Å². The van der Waals surface area contributed by atoms with Gasteiger partial charge >= 0.3 is 6.36 Å². The maximum atomic E-state index is 14.2. The van der Waals surface area contributed by atoms with E-state index >= 15 is 0 Å². The Kier molecular flexibility index (Phi) is 6.30. The first kappa shape index (κ1) is 24.1. The Morgan fingerprint density at radius 2 is 1.90 bits per heavy atom. The number of carbonyl (C=O) groups is 2. The molecule has 216 valence electrons. The molecule has 2 atom stereocenters. The number of rotatable bonds is 10. The Morgan fingerprint density at radius 1 is 1.20 bits per heavy atom. The number of ketones is 1. The van der Waals surface area contributed by atoms with Crippen LogP contribution in [0.2, 0.25) is 5.02 Å². The van der Waals surface area contributed by atoms with Gasteiger partial charge in [0.1, 0.15) is 11.9 Å². The monoisotopic (exact) mass is 594 g/mol. The van der Waals surface area contributed by atoms with Gasteiger partial charge in [-0.3, -0.25) is 19.5 Å². The first-order chi connectivity index (χ1) is 20.8. The fraction of sp³-hybridized carbons (Fsp3) is 0.345. The van der Waals surface area contributed by atoms with Crippen molar-refractivity contribution in [3.8, 4) is 5.75 Å². The lowest BCUT2D eigenvalue weighted by Gasteiger charge is -2.40.